The number of carbonyl (C=O) groups is 1. The number of halogens is 1. The third-order valence-electron chi connectivity index (χ3n) is 4.88. The highest BCUT2D eigenvalue weighted by Crippen LogP contribution is 2.29. The molecule has 128 valence electrons. The first kappa shape index (κ1) is 16.6. The summed E-state index contributed by atoms with van der Waals surface area (Å²) in [6.07, 6.45) is 3.75. The molecule has 0 spiro atoms. The number of morpholine rings is 1. The van der Waals surface area contributed by atoms with Gasteiger partial charge in [0.05, 0.1) is 13.2 Å². The average Bonchev–Trinajstić information content (AvgIpc) is 2.65. The average molecular weight is 398 g/mol. The Balaban J connectivity index is 1.54. The van der Waals surface area contributed by atoms with Crippen LogP contribution in [0.1, 0.15) is 27.9 Å². The van der Waals surface area contributed by atoms with Crippen molar-refractivity contribution in [3.05, 3.63) is 69.2 Å². The first-order valence-corrected chi connectivity index (χ1v) is 9.46. The molecule has 0 atom stereocenters. The third-order valence-corrected chi connectivity index (χ3v) is 5.37. The van der Waals surface area contributed by atoms with E-state index in [0.29, 0.717) is 0 Å². The molecule has 2 aromatic carbocycles. The van der Waals surface area contributed by atoms with Gasteiger partial charge in [0.2, 0.25) is 0 Å². The molecule has 0 amide bonds. The Kier molecular flexibility index (Phi) is 4.73. The highest BCUT2D eigenvalue weighted by atomic mass is 79.9. The Labute approximate surface area is 156 Å². The lowest BCUT2D eigenvalue weighted by atomic mass is 9.86. The molecule has 0 radical (unpaired) electrons. The predicted molar refractivity (Wildman–Crippen MR) is 104 cm³/mol. The topological polar surface area (TPSA) is 29.5 Å². The second-order valence-electron chi connectivity index (χ2n) is 6.49. The molecule has 1 heterocycles. The number of fused-ring (bicyclic) bond motifs is 1. The van der Waals surface area contributed by atoms with E-state index in [2.05, 4.69) is 51.2 Å². The summed E-state index contributed by atoms with van der Waals surface area (Å²) in [5.41, 5.74) is 5.18. The second-order valence-corrected chi connectivity index (χ2v) is 7.41. The van der Waals surface area contributed by atoms with Gasteiger partial charge in [0.15, 0.2) is 5.78 Å². The Morgan fingerprint density at radius 1 is 1.00 bits per heavy atom. The van der Waals surface area contributed by atoms with Crippen LogP contribution in [-0.2, 0) is 11.2 Å². The van der Waals surface area contributed by atoms with Crippen molar-refractivity contribution >= 4 is 33.5 Å². The first-order chi connectivity index (χ1) is 12.2. The number of hydrogen-bond donors (Lipinski definition) is 0. The number of Topliss-reactive ketones (excluding diaryl/α,β-unsaturated/α-hetero) is 1. The fourth-order valence-corrected chi connectivity index (χ4v) is 3.90. The molecular formula is C21H20BrNO2. The van der Waals surface area contributed by atoms with E-state index in [1.807, 2.05) is 18.2 Å². The molecule has 0 bridgehead atoms. The van der Waals surface area contributed by atoms with Crippen LogP contribution in [0.4, 0.5) is 5.69 Å². The minimum Gasteiger partial charge on any atom is -0.378 e. The predicted octanol–water partition coefficient (Wildman–Crippen LogP) is 4.50. The van der Waals surface area contributed by atoms with Crippen LogP contribution >= 0.6 is 15.9 Å². The highest BCUT2D eigenvalue weighted by Gasteiger charge is 2.21. The summed E-state index contributed by atoms with van der Waals surface area (Å²) < 4.78 is 6.43. The summed E-state index contributed by atoms with van der Waals surface area (Å²) in [6.45, 7) is 3.45. The molecule has 2 aromatic rings. The first-order valence-electron chi connectivity index (χ1n) is 8.67. The van der Waals surface area contributed by atoms with Crippen molar-refractivity contribution in [3.63, 3.8) is 0 Å². The van der Waals surface area contributed by atoms with Gasteiger partial charge >= 0.3 is 0 Å². The van der Waals surface area contributed by atoms with Crippen LogP contribution in [0.25, 0.3) is 6.08 Å². The molecular weight excluding hydrogens is 378 g/mol. The number of ether oxygens (including phenoxy) is 1. The number of allylic oxidation sites excluding steroid dienone is 1. The monoisotopic (exact) mass is 397 g/mol. The number of rotatable bonds is 2. The zero-order chi connectivity index (χ0) is 17.2. The van der Waals surface area contributed by atoms with E-state index in [4.69, 9.17) is 4.74 Å². The number of benzene rings is 2. The maximum absolute atomic E-state index is 12.7. The standard InChI is InChI=1S/C21H20BrNO2/c22-18-5-8-20-16(14-18)3-4-17(21(20)24)13-15-1-6-19(7-2-15)23-9-11-25-12-10-23/h1-2,5-8,13-14H,3-4,9-12H2/b17-13+. The number of nitrogens with zero attached hydrogens (tertiary/aromatic N) is 1. The summed E-state index contributed by atoms with van der Waals surface area (Å²) in [4.78, 5) is 15.1. The lowest BCUT2D eigenvalue weighted by Gasteiger charge is -2.28. The van der Waals surface area contributed by atoms with Crippen LogP contribution in [0.5, 0.6) is 0 Å². The van der Waals surface area contributed by atoms with Gasteiger partial charge in [0.1, 0.15) is 0 Å². The maximum atomic E-state index is 12.7. The molecule has 1 aliphatic heterocycles. The van der Waals surface area contributed by atoms with Crippen LogP contribution in [0.3, 0.4) is 0 Å². The number of carbonyl (C=O) groups excluding carboxylic acids is 1. The van der Waals surface area contributed by atoms with Crippen molar-refractivity contribution in [1.82, 2.24) is 0 Å². The normalized spacial score (nSPS) is 19.2. The molecule has 1 aliphatic carbocycles. The van der Waals surface area contributed by atoms with Gasteiger partial charge in [-0.2, -0.15) is 0 Å². The zero-order valence-electron chi connectivity index (χ0n) is 14.0. The van der Waals surface area contributed by atoms with Gasteiger partial charge in [-0.05, 0) is 60.4 Å². The minimum absolute atomic E-state index is 0.158. The van der Waals surface area contributed by atoms with E-state index in [1.54, 1.807) is 0 Å². The molecule has 1 saturated heterocycles. The van der Waals surface area contributed by atoms with Crippen molar-refractivity contribution in [2.45, 2.75) is 12.8 Å². The Bertz CT molecular complexity index is 820. The molecule has 4 heteroatoms. The fraction of sp³-hybridized carbons (Fsp3) is 0.286. The van der Waals surface area contributed by atoms with Gasteiger partial charge in [-0.25, -0.2) is 0 Å². The third kappa shape index (κ3) is 3.55. The molecule has 3 nitrogen and oxygen atoms in total. The SMILES string of the molecule is O=C1/C(=C/c2ccc(N3CCOCC3)cc2)CCc2cc(Br)ccc21. The lowest BCUT2D eigenvalue weighted by molar-refractivity contribution is 0.102. The summed E-state index contributed by atoms with van der Waals surface area (Å²) in [6, 6.07) is 14.4. The Morgan fingerprint density at radius 2 is 1.76 bits per heavy atom. The van der Waals surface area contributed by atoms with Crippen molar-refractivity contribution in [3.8, 4) is 0 Å². The van der Waals surface area contributed by atoms with E-state index in [1.165, 1.54) is 5.69 Å². The van der Waals surface area contributed by atoms with E-state index < -0.39 is 0 Å². The quantitative estimate of drug-likeness (QED) is 0.698. The molecule has 0 saturated carbocycles. The molecule has 0 unspecified atom stereocenters. The largest absolute Gasteiger partial charge is 0.378 e. The molecule has 0 aromatic heterocycles. The van der Waals surface area contributed by atoms with Crippen molar-refractivity contribution in [2.24, 2.45) is 0 Å². The van der Waals surface area contributed by atoms with Gasteiger partial charge in [0, 0.05) is 34.4 Å². The van der Waals surface area contributed by atoms with E-state index >= 15 is 0 Å². The van der Waals surface area contributed by atoms with Crippen LogP contribution in [0, 0.1) is 0 Å². The molecule has 2 aliphatic rings. The zero-order valence-corrected chi connectivity index (χ0v) is 15.6. The molecule has 0 N–H and O–H groups in total. The van der Waals surface area contributed by atoms with Crippen molar-refractivity contribution in [1.29, 1.82) is 0 Å². The van der Waals surface area contributed by atoms with Gasteiger partial charge in [-0.15, -0.1) is 0 Å². The molecule has 1 fully saturated rings. The summed E-state index contributed by atoms with van der Waals surface area (Å²) >= 11 is 3.48. The van der Waals surface area contributed by atoms with E-state index in [9.17, 15) is 4.79 Å². The number of hydrogen-bond acceptors (Lipinski definition) is 3. The highest BCUT2D eigenvalue weighted by molar-refractivity contribution is 9.10. The summed E-state index contributed by atoms with van der Waals surface area (Å²) in [5.74, 6) is 0.158. The van der Waals surface area contributed by atoms with Crippen LogP contribution in [0.2, 0.25) is 0 Å². The fourth-order valence-electron chi connectivity index (χ4n) is 3.49. The maximum Gasteiger partial charge on any atom is 0.189 e. The van der Waals surface area contributed by atoms with Gasteiger partial charge in [0.25, 0.3) is 0 Å². The second kappa shape index (κ2) is 7.14. The Hall–Kier alpha value is -1.91. The molecule has 4 rings (SSSR count). The van der Waals surface area contributed by atoms with Gasteiger partial charge in [-0.1, -0.05) is 28.1 Å². The van der Waals surface area contributed by atoms with Crippen molar-refractivity contribution in [2.75, 3.05) is 31.2 Å². The minimum atomic E-state index is 0.158. The smallest absolute Gasteiger partial charge is 0.189 e. The van der Waals surface area contributed by atoms with Crippen LogP contribution in [0.15, 0.2) is 52.5 Å². The number of ketones is 1. The Morgan fingerprint density at radius 3 is 2.52 bits per heavy atom. The lowest BCUT2D eigenvalue weighted by Crippen LogP contribution is -2.36. The van der Waals surface area contributed by atoms with Crippen LogP contribution < -0.4 is 4.90 Å². The van der Waals surface area contributed by atoms with Gasteiger partial charge < -0.3 is 9.64 Å². The molecule has 25 heavy (non-hydrogen) atoms. The van der Waals surface area contributed by atoms with E-state index in [-0.39, 0.29) is 5.78 Å². The number of anilines is 1. The van der Waals surface area contributed by atoms with Crippen LogP contribution in [-0.4, -0.2) is 32.1 Å². The van der Waals surface area contributed by atoms with Gasteiger partial charge in [-0.3, -0.25) is 4.79 Å². The van der Waals surface area contributed by atoms with E-state index in [0.717, 1.165) is 65.9 Å². The number of aryl methyl sites for hydroxylation is 1. The summed E-state index contributed by atoms with van der Waals surface area (Å²) in [5, 5.41) is 0. The van der Waals surface area contributed by atoms with Crippen molar-refractivity contribution < 1.29 is 9.53 Å². The summed E-state index contributed by atoms with van der Waals surface area (Å²) in [7, 11) is 0.